The Hall–Kier alpha value is -1.12. The van der Waals surface area contributed by atoms with Gasteiger partial charge >= 0.3 is 6.11 Å². The van der Waals surface area contributed by atoms with Gasteiger partial charge in [0.15, 0.2) is 0 Å². The molecule has 0 amide bonds. The fraction of sp³-hybridized carbons (Fsp3) is 0.500. The minimum atomic E-state index is -3.02. The third kappa shape index (κ3) is 2.28. The molecule has 1 aromatic rings. The molecule has 0 atom stereocenters. The first-order chi connectivity index (χ1) is 6.96. The second-order valence-corrected chi connectivity index (χ2v) is 4.46. The Morgan fingerprint density at radius 2 is 2.13 bits per heavy atom. The van der Waals surface area contributed by atoms with E-state index in [1.165, 1.54) is 0 Å². The van der Waals surface area contributed by atoms with E-state index in [9.17, 15) is 8.78 Å². The molecule has 0 bridgehead atoms. The number of ether oxygens (including phenoxy) is 1. The summed E-state index contributed by atoms with van der Waals surface area (Å²) in [5.41, 5.74) is 1.73. The van der Waals surface area contributed by atoms with Crippen LogP contribution in [0.15, 0.2) is 18.2 Å². The van der Waals surface area contributed by atoms with Crippen LogP contribution in [0.4, 0.5) is 8.78 Å². The lowest BCUT2D eigenvalue weighted by molar-refractivity contribution is -0.159. The van der Waals surface area contributed by atoms with Crippen LogP contribution in [0, 0.1) is 5.92 Å². The van der Waals surface area contributed by atoms with E-state index in [4.69, 9.17) is 0 Å². The van der Waals surface area contributed by atoms with Crippen molar-refractivity contribution in [3.63, 3.8) is 0 Å². The summed E-state index contributed by atoms with van der Waals surface area (Å²) in [4.78, 5) is 0. The number of fused-ring (bicyclic) bond motifs is 1. The summed E-state index contributed by atoms with van der Waals surface area (Å²) < 4.78 is 30.3. The predicted octanol–water partition coefficient (Wildman–Crippen LogP) is 3.41. The minimum absolute atomic E-state index is 0.297. The maximum Gasteiger partial charge on any atom is 0.402 e. The molecular weight excluding hydrogens is 198 g/mol. The molecule has 1 heterocycles. The number of halogens is 2. The summed E-state index contributed by atoms with van der Waals surface area (Å²) in [6.45, 7) is 4.22. The smallest absolute Gasteiger partial charge is 0.402 e. The van der Waals surface area contributed by atoms with Gasteiger partial charge in [0.05, 0.1) is 6.42 Å². The highest BCUT2D eigenvalue weighted by molar-refractivity contribution is 5.41. The molecule has 15 heavy (non-hydrogen) atoms. The number of benzene rings is 1. The molecule has 0 spiro atoms. The second-order valence-electron chi connectivity index (χ2n) is 4.46. The van der Waals surface area contributed by atoms with Crippen molar-refractivity contribution >= 4 is 0 Å². The highest BCUT2D eigenvalue weighted by Gasteiger charge is 2.39. The van der Waals surface area contributed by atoms with Crippen molar-refractivity contribution < 1.29 is 13.5 Å². The highest BCUT2D eigenvalue weighted by Crippen LogP contribution is 2.37. The molecule has 82 valence electrons. The van der Waals surface area contributed by atoms with Gasteiger partial charge in [0.1, 0.15) is 5.75 Å². The molecule has 3 heteroatoms. The molecule has 1 aromatic carbocycles. The van der Waals surface area contributed by atoms with E-state index in [0.29, 0.717) is 17.2 Å². The highest BCUT2D eigenvalue weighted by atomic mass is 19.3. The molecule has 1 aliphatic heterocycles. The van der Waals surface area contributed by atoms with E-state index in [-0.39, 0.29) is 6.42 Å². The lowest BCUT2D eigenvalue weighted by atomic mass is 10.00. The van der Waals surface area contributed by atoms with Crippen molar-refractivity contribution in [3.8, 4) is 5.75 Å². The van der Waals surface area contributed by atoms with Crippen LogP contribution in [0.1, 0.15) is 25.0 Å². The van der Waals surface area contributed by atoms with Gasteiger partial charge in [0.2, 0.25) is 0 Å². The Bertz CT molecular complexity index is 372. The fourth-order valence-electron chi connectivity index (χ4n) is 1.89. The molecule has 0 saturated heterocycles. The first-order valence-corrected chi connectivity index (χ1v) is 5.15. The van der Waals surface area contributed by atoms with Crippen LogP contribution in [0.3, 0.4) is 0 Å². The first kappa shape index (κ1) is 10.4. The average Bonchev–Trinajstić information content (AvgIpc) is 2.36. The van der Waals surface area contributed by atoms with Crippen molar-refractivity contribution in [1.82, 2.24) is 0 Å². The van der Waals surface area contributed by atoms with E-state index < -0.39 is 6.11 Å². The third-order valence-corrected chi connectivity index (χ3v) is 2.42. The molecule has 0 N–H and O–H groups in total. The summed E-state index contributed by atoms with van der Waals surface area (Å²) in [7, 11) is 0. The summed E-state index contributed by atoms with van der Waals surface area (Å²) in [5, 5.41) is 0. The standard InChI is InChI=1S/C12H14F2O/c1-8(2)5-9-3-4-11-10(6-9)7-12(13,14)15-11/h3-4,6,8H,5,7H2,1-2H3. The van der Waals surface area contributed by atoms with Crippen LogP contribution in [0.2, 0.25) is 0 Å². The SMILES string of the molecule is CC(C)Cc1ccc2c(c1)CC(F)(F)O2. The van der Waals surface area contributed by atoms with Gasteiger partial charge in [0, 0.05) is 5.56 Å². The number of hydrogen-bond acceptors (Lipinski definition) is 1. The number of rotatable bonds is 2. The van der Waals surface area contributed by atoms with E-state index >= 15 is 0 Å². The van der Waals surface area contributed by atoms with Crippen molar-refractivity contribution in [2.45, 2.75) is 32.8 Å². The summed E-state index contributed by atoms with van der Waals surface area (Å²) in [5.74, 6) is 0.860. The van der Waals surface area contributed by atoms with Crippen LogP contribution in [0.5, 0.6) is 5.75 Å². The molecular formula is C12H14F2O. The zero-order chi connectivity index (χ0) is 11.1. The Labute approximate surface area is 88.1 Å². The van der Waals surface area contributed by atoms with E-state index in [1.54, 1.807) is 6.07 Å². The van der Waals surface area contributed by atoms with Crippen LogP contribution >= 0.6 is 0 Å². The van der Waals surface area contributed by atoms with Gasteiger partial charge in [-0.3, -0.25) is 0 Å². The average molecular weight is 212 g/mol. The quantitative estimate of drug-likeness (QED) is 0.730. The first-order valence-electron chi connectivity index (χ1n) is 5.15. The Morgan fingerprint density at radius 1 is 1.40 bits per heavy atom. The van der Waals surface area contributed by atoms with Crippen molar-refractivity contribution in [2.75, 3.05) is 0 Å². The molecule has 0 aliphatic carbocycles. The van der Waals surface area contributed by atoms with Gasteiger partial charge in [0.25, 0.3) is 0 Å². The Balaban J connectivity index is 2.23. The molecule has 0 saturated carbocycles. The largest absolute Gasteiger partial charge is 0.432 e. The lowest BCUT2D eigenvalue weighted by Crippen LogP contribution is -2.20. The predicted molar refractivity (Wildman–Crippen MR) is 54.3 cm³/mol. The molecule has 1 nitrogen and oxygen atoms in total. The number of hydrogen-bond donors (Lipinski definition) is 0. The monoisotopic (exact) mass is 212 g/mol. The molecule has 2 rings (SSSR count). The molecule has 0 aromatic heterocycles. The molecule has 0 fully saturated rings. The van der Waals surface area contributed by atoms with Gasteiger partial charge in [-0.05, 0) is 24.0 Å². The van der Waals surface area contributed by atoms with Crippen LogP contribution in [-0.4, -0.2) is 6.11 Å². The molecule has 1 aliphatic rings. The maximum absolute atomic E-state index is 12.9. The van der Waals surface area contributed by atoms with Gasteiger partial charge in [-0.15, -0.1) is 0 Å². The van der Waals surface area contributed by atoms with Gasteiger partial charge in [-0.1, -0.05) is 26.0 Å². The van der Waals surface area contributed by atoms with Gasteiger partial charge in [-0.25, -0.2) is 0 Å². The Kier molecular flexibility index (Phi) is 2.41. The normalized spacial score (nSPS) is 17.7. The summed E-state index contributed by atoms with van der Waals surface area (Å²) in [6, 6.07) is 5.34. The van der Waals surface area contributed by atoms with E-state index in [2.05, 4.69) is 18.6 Å². The van der Waals surface area contributed by atoms with Gasteiger partial charge < -0.3 is 4.74 Å². The van der Waals surface area contributed by atoms with E-state index in [1.807, 2.05) is 12.1 Å². The topological polar surface area (TPSA) is 9.23 Å². The zero-order valence-corrected chi connectivity index (χ0v) is 8.89. The Morgan fingerprint density at radius 3 is 2.80 bits per heavy atom. The minimum Gasteiger partial charge on any atom is -0.432 e. The van der Waals surface area contributed by atoms with Crippen molar-refractivity contribution in [2.24, 2.45) is 5.92 Å². The van der Waals surface area contributed by atoms with Crippen molar-refractivity contribution in [3.05, 3.63) is 29.3 Å². The van der Waals surface area contributed by atoms with Crippen LogP contribution in [-0.2, 0) is 12.8 Å². The van der Waals surface area contributed by atoms with Crippen molar-refractivity contribution in [1.29, 1.82) is 0 Å². The lowest BCUT2D eigenvalue weighted by Gasteiger charge is -2.07. The fourth-order valence-corrected chi connectivity index (χ4v) is 1.89. The zero-order valence-electron chi connectivity index (χ0n) is 8.89. The van der Waals surface area contributed by atoms with Gasteiger partial charge in [-0.2, -0.15) is 8.78 Å². The third-order valence-electron chi connectivity index (χ3n) is 2.42. The molecule has 0 unspecified atom stereocenters. The van der Waals surface area contributed by atoms with Crippen LogP contribution in [0.25, 0.3) is 0 Å². The molecule has 0 radical (unpaired) electrons. The number of alkyl halides is 2. The second kappa shape index (κ2) is 3.47. The van der Waals surface area contributed by atoms with Crippen LogP contribution < -0.4 is 4.74 Å². The summed E-state index contributed by atoms with van der Waals surface area (Å²) >= 11 is 0. The van der Waals surface area contributed by atoms with E-state index in [0.717, 1.165) is 12.0 Å². The summed E-state index contributed by atoms with van der Waals surface area (Å²) in [6.07, 6.45) is -2.40. The maximum atomic E-state index is 12.9.